The van der Waals surface area contributed by atoms with Gasteiger partial charge in [-0.1, -0.05) is 18.2 Å². The molecule has 2 amide bonds. The Labute approximate surface area is 160 Å². The standard InChI is InChI=1S/C21H17FN2O4/c1-2-9-24-20(25)18(13-3-5-14(22)6-4-13)19(21(24)26)23-15-7-8-16-17(12-15)28-11-10-27-16/h2-8,12,23H,1,9-11H2. The van der Waals surface area contributed by atoms with Crippen molar-refractivity contribution in [1.29, 1.82) is 0 Å². The summed E-state index contributed by atoms with van der Waals surface area (Å²) in [5.41, 5.74) is 1.32. The molecule has 2 heterocycles. The van der Waals surface area contributed by atoms with Crippen LogP contribution in [0.4, 0.5) is 10.1 Å². The van der Waals surface area contributed by atoms with Crippen LogP contribution in [0.15, 0.2) is 60.8 Å². The van der Waals surface area contributed by atoms with Gasteiger partial charge in [0, 0.05) is 18.3 Å². The SMILES string of the molecule is C=CCN1C(=O)C(Nc2ccc3c(c2)OCCO3)=C(c2ccc(F)cc2)C1=O. The number of fused-ring (bicyclic) bond motifs is 1. The van der Waals surface area contributed by atoms with Crippen molar-refractivity contribution >= 4 is 23.1 Å². The molecule has 142 valence electrons. The van der Waals surface area contributed by atoms with Crippen molar-refractivity contribution in [2.24, 2.45) is 0 Å². The summed E-state index contributed by atoms with van der Waals surface area (Å²) in [6.07, 6.45) is 1.48. The quantitative estimate of drug-likeness (QED) is 0.638. The number of hydrogen-bond donors (Lipinski definition) is 1. The molecule has 0 saturated carbocycles. The van der Waals surface area contributed by atoms with Gasteiger partial charge in [0.2, 0.25) is 0 Å². The smallest absolute Gasteiger partial charge is 0.278 e. The van der Waals surface area contributed by atoms with E-state index >= 15 is 0 Å². The number of benzene rings is 2. The lowest BCUT2D eigenvalue weighted by Gasteiger charge is -2.19. The van der Waals surface area contributed by atoms with Crippen LogP contribution in [0.1, 0.15) is 5.56 Å². The molecular weight excluding hydrogens is 363 g/mol. The molecule has 2 aliphatic rings. The summed E-state index contributed by atoms with van der Waals surface area (Å²) in [7, 11) is 0. The van der Waals surface area contributed by atoms with Gasteiger partial charge >= 0.3 is 0 Å². The van der Waals surface area contributed by atoms with Gasteiger partial charge in [-0.05, 0) is 29.8 Å². The van der Waals surface area contributed by atoms with E-state index in [0.717, 1.165) is 4.90 Å². The summed E-state index contributed by atoms with van der Waals surface area (Å²) < 4.78 is 24.4. The first-order valence-electron chi connectivity index (χ1n) is 8.72. The van der Waals surface area contributed by atoms with E-state index in [4.69, 9.17) is 9.47 Å². The van der Waals surface area contributed by atoms with Gasteiger partial charge in [-0.15, -0.1) is 6.58 Å². The van der Waals surface area contributed by atoms with Crippen molar-refractivity contribution < 1.29 is 23.5 Å². The zero-order valence-electron chi connectivity index (χ0n) is 14.9. The maximum atomic E-state index is 13.3. The molecular formula is C21H17FN2O4. The van der Waals surface area contributed by atoms with Gasteiger partial charge in [-0.25, -0.2) is 4.39 Å². The summed E-state index contributed by atoms with van der Waals surface area (Å²) in [6, 6.07) is 10.6. The Morgan fingerprint density at radius 3 is 2.46 bits per heavy atom. The van der Waals surface area contributed by atoms with Crippen LogP contribution in [0.2, 0.25) is 0 Å². The summed E-state index contributed by atoms with van der Waals surface area (Å²) in [5.74, 6) is -0.187. The number of ether oxygens (including phenoxy) is 2. The Hall–Kier alpha value is -3.61. The number of amides is 2. The minimum Gasteiger partial charge on any atom is -0.486 e. The fourth-order valence-corrected chi connectivity index (χ4v) is 3.14. The first kappa shape index (κ1) is 17.8. The number of anilines is 1. The van der Waals surface area contributed by atoms with E-state index in [-0.39, 0.29) is 17.8 Å². The number of carbonyl (C=O) groups is 2. The Kier molecular flexibility index (Phi) is 4.57. The predicted molar refractivity (Wildman–Crippen MR) is 101 cm³/mol. The highest BCUT2D eigenvalue weighted by Crippen LogP contribution is 2.35. The third-order valence-electron chi connectivity index (χ3n) is 4.42. The lowest BCUT2D eigenvalue weighted by atomic mass is 10.0. The van der Waals surface area contributed by atoms with Crippen molar-refractivity contribution in [3.8, 4) is 11.5 Å². The average Bonchev–Trinajstić information content (AvgIpc) is 2.93. The maximum absolute atomic E-state index is 13.3. The van der Waals surface area contributed by atoms with Crippen LogP contribution in [-0.4, -0.2) is 36.5 Å². The summed E-state index contributed by atoms with van der Waals surface area (Å²) >= 11 is 0. The van der Waals surface area contributed by atoms with E-state index < -0.39 is 17.6 Å². The molecule has 1 N–H and O–H groups in total. The number of nitrogens with zero attached hydrogens (tertiary/aromatic N) is 1. The lowest BCUT2D eigenvalue weighted by molar-refractivity contribution is -0.136. The molecule has 7 heteroatoms. The van der Waals surface area contributed by atoms with Crippen molar-refractivity contribution in [3.63, 3.8) is 0 Å². The second kappa shape index (κ2) is 7.19. The minimum atomic E-state index is -0.473. The highest BCUT2D eigenvalue weighted by molar-refractivity contribution is 6.36. The van der Waals surface area contributed by atoms with Gasteiger partial charge in [0.05, 0.1) is 5.57 Å². The second-order valence-electron chi connectivity index (χ2n) is 6.25. The van der Waals surface area contributed by atoms with Gasteiger partial charge < -0.3 is 14.8 Å². The zero-order chi connectivity index (χ0) is 19.7. The van der Waals surface area contributed by atoms with Crippen molar-refractivity contribution in [2.45, 2.75) is 0 Å². The summed E-state index contributed by atoms with van der Waals surface area (Å²) in [4.78, 5) is 26.8. The molecule has 0 saturated heterocycles. The molecule has 0 spiro atoms. The molecule has 4 rings (SSSR count). The monoisotopic (exact) mass is 380 g/mol. The van der Waals surface area contributed by atoms with Gasteiger partial charge in [-0.2, -0.15) is 0 Å². The first-order valence-corrected chi connectivity index (χ1v) is 8.72. The highest BCUT2D eigenvalue weighted by Gasteiger charge is 2.38. The van der Waals surface area contributed by atoms with Crippen LogP contribution in [-0.2, 0) is 9.59 Å². The van der Waals surface area contributed by atoms with Gasteiger partial charge in [0.15, 0.2) is 11.5 Å². The minimum absolute atomic E-state index is 0.0781. The number of carbonyl (C=O) groups excluding carboxylic acids is 2. The van der Waals surface area contributed by atoms with E-state index in [1.54, 1.807) is 18.2 Å². The Bertz CT molecular complexity index is 998. The van der Waals surface area contributed by atoms with E-state index in [2.05, 4.69) is 11.9 Å². The molecule has 0 unspecified atom stereocenters. The van der Waals surface area contributed by atoms with Crippen molar-refractivity contribution in [3.05, 3.63) is 72.2 Å². The topological polar surface area (TPSA) is 67.9 Å². The number of hydrogen-bond acceptors (Lipinski definition) is 5. The third-order valence-corrected chi connectivity index (χ3v) is 4.42. The normalized spacial score (nSPS) is 15.8. The van der Waals surface area contributed by atoms with Crippen LogP contribution < -0.4 is 14.8 Å². The molecule has 2 aromatic carbocycles. The van der Waals surface area contributed by atoms with Crippen LogP contribution >= 0.6 is 0 Å². The van der Waals surface area contributed by atoms with E-state index in [9.17, 15) is 14.0 Å². The zero-order valence-corrected chi connectivity index (χ0v) is 14.9. The predicted octanol–water partition coefficient (Wildman–Crippen LogP) is 2.97. The first-order chi connectivity index (χ1) is 13.6. The molecule has 0 aliphatic carbocycles. The van der Waals surface area contributed by atoms with E-state index in [1.807, 2.05) is 0 Å². The molecule has 2 aliphatic heterocycles. The summed E-state index contributed by atoms with van der Waals surface area (Å²) in [6.45, 7) is 4.58. The van der Waals surface area contributed by atoms with Crippen LogP contribution in [0, 0.1) is 5.82 Å². The van der Waals surface area contributed by atoms with Crippen LogP contribution in [0.5, 0.6) is 11.5 Å². The van der Waals surface area contributed by atoms with Gasteiger partial charge in [0.1, 0.15) is 24.7 Å². The van der Waals surface area contributed by atoms with E-state index in [0.29, 0.717) is 36.0 Å². The number of nitrogens with one attached hydrogen (secondary N) is 1. The fourth-order valence-electron chi connectivity index (χ4n) is 3.14. The van der Waals surface area contributed by atoms with E-state index in [1.165, 1.54) is 30.3 Å². The highest BCUT2D eigenvalue weighted by atomic mass is 19.1. The Morgan fingerprint density at radius 1 is 1.04 bits per heavy atom. The van der Waals surface area contributed by atoms with Gasteiger partial charge in [-0.3, -0.25) is 14.5 Å². The molecule has 0 radical (unpaired) electrons. The molecule has 6 nitrogen and oxygen atoms in total. The second-order valence-corrected chi connectivity index (χ2v) is 6.25. The lowest BCUT2D eigenvalue weighted by Crippen LogP contribution is -2.32. The molecule has 0 bridgehead atoms. The summed E-state index contributed by atoms with van der Waals surface area (Å²) in [5, 5.41) is 3.03. The van der Waals surface area contributed by atoms with Gasteiger partial charge in [0.25, 0.3) is 11.8 Å². The number of halogens is 1. The molecule has 28 heavy (non-hydrogen) atoms. The molecule has 0 fully saturated rings. The van der Waals surface area contributed by atoms with Crippen molar-refractivity contribution in [2.75, 3.05) is 25.1 Å². The molecule has 0 atom stereocenters. The van der Waals surface area contributed by atoms with Crippen LogP contribution in [0.25, 0.3) is 5.57 Å². The average molecular weight is 380 g/mol. The number of imide groups is 1. The molecule has 0 aromatic heterocycles. The Balaban J connectivity index is 1.75. The number of rotatable bonds is 5. The molecule has 2 aromatic rings. The maximum Gasteiger partial charge on any atom is 0.278 e. The third kappa shape index (κ3) is 3.11. The Morgan fingerprint density at radius 2 is 1.75 bits per heavy atom. The van der Waals surface area contributed by atoms with Crippen molar-refractivity contribution in [1.82, 2.24) is 4.90 Å². The van der Waals surface area contributed by atoms with Crippen LogP contribution in [0.3, 0.4) is 0 Å². The fraction of sp³-hybridized carbons (Fsp3) is 0.143. The largest absolute Gasteiger partial charge is 0.486 e.